The van der Waals surface area contributed by atoms with E-state index in [1.807, 2.05) is 12.1 Å². The van der Waals surface area contributed by atoms with E-state index >= 15 is 0 Å². The molecule has 0 aromatic heterocycles. The van der Waals surface area contributed by atoms with Crippen LogP contribution in [0.25, 0.3) is 0 Å². The summed E-state index contributed by atoms with van der Waals surface area (Å²) in [6.07, 6.45) is 1.16. The summed E-state index contributed by atoms with van der Waals surface area (Å²) in [5.74, 6) is 0.147. The molecule has 0 aliphatic heterocycles. The fraction of sp³-hybridized carbons (Fsp3) is 0.417. The Bertz CT molecular complexity index is 303. The van der Waals surface area contributed by atoms with Crippen molar-refractivity contribution in [3.8, 4) is 0 Å². The summed E-state index contributed by atoms with van der Waals surface area (Å²) >= 11 is 0.173. The Kier molecular flexibility index (Phi) is 4.65. The number of benzene rings is 1. The van der Waals surface area contributed by atoms with E-state index in [4.69, 9.17) is 0 Å². The van der Waals surface area contributed by atoms with E-state index in [2.05, 4.69) is 24.0 Å². The van der Waals surface area contributed by atoms with Gasteiger partial charge in [0.25, 0.3) is 0 Å². The summed E-state index contributed by atoms with van der Waals surface area (Å²) in [6.45, 7) is 3.91. The van der Waals surface area contributed by atoms with E-state index in [0.717, 1.165) is 16.0 Å². The van der Waals surface area contributed by atoms with Gasteiger partial charge in [0.05, 0.1) is 0 Å². The van der Waals surface area contributed by atoms with Crippen molar-refractivity contribution in [3.05, 3.63) is 35.4 Å². The standard InChI is InChI=1S/C12H16OTe/c1-9(14-3)8-11-4-6-12(7-5-11)10(2)13/h4-7,9H,8H2,1-3H3. The molecule has 1 atom stereocenters. The zero-order valence-corrected chi connectivity index (χ0v) is 11.2. The van der Waals surface area contributed by atoms with Gasteiger partial charge in [0.1, 0.15) is 0 Å². The van der Waals surface area contributed by atoms with Crippen molar-refractivity contribution in [2.75, 3.05) is 0 Å². The van der Waals surface area contributed by atoms with Crippen molar-refractivity contribution in [2.45, 2.75) is 29.2 Å². The molecule has 1 nitrogen and oxygen atoms in total. The SMILES string of the molecule is C[Te]C(C)Cc1ccc(C(C)=O)cc1. The molecule has 0 amide bonds. The van der Waals surface area contributed by atoms with Crippen LogP contribution in [0.4, 0.5) is 0 Å². The molecule has 1 aromatic rings. The summed E-state index contributed by atoms with van der Waals surface area (Å²) < 4.78 is 0.851. The molecule has 0 N–H and O–H groups in total. The number of carbonyl (C=O) groups is 1. The summed E-state index contributed by atoms with van der Waals surface area (Å²) in [5.41, 5.74) is 2.17. The Morgan fingerprint density at radius 1 is 1.36 bits per heavy atom. The second-order valence-corrected chi connectivity index (χ2v) is 7.15. The molecule has 0 saturated carbocycles. The second kappa shape index (κ2) is 5.53. The third-order valence-electron chi connectivity index (χ3n) is 2.29. The minimum atomic E-state index is 0.147. The molecule has 76 valence electrons. The first-order valence-corrected chi connectivity index (χ1v) is 8.43. The molecule has 0 heterocycles. The van der Waals surface area contributed by atoms with Crippen LogP contribution in [0.5, 0.6) is 0 Å². The fourth-order valence-corrected chi connectivity index (χ4v) is 2.32. The third-order valence-corrected chi connectivity index (χ3v) is 5.06. The van der Waals surface area contributed by atoms with Crippen molar-refractivity contribution in [1.29, 1.82) is 0 Å². The van der Waals surface area contributed by atoms with Gasteiger partial charge in [-0.25, -0.2) is 0 Å². The molecule has 2 heteroatoms. The van der Waals surface area contributed by atoms with Gasteiger partial charge in [-0.2, -0.15) is 0 Å². The van der Waals surface area contributed by atoms with Gasteiger partial charge in [-0.05, 0) is 0 Å². The van der Waals surface area contributed by atoms with Crippen LogP contribution in [-0.4, -0.2) is 26.7 Å². The minimum absolute atomic E-state index is 0.147. The van der Waals surface area contributed by atoms with Crippen LogP contribution in [0.15, 0.2) is 24.3 Å². The van der Waals surface area contributed by atoms with Gasteiger partial charge in [-0.1, -0.05) is 0 Å². The number of hydrogen-bond acceptors (Lipinski definition) is 1. The molecule has 0 spiro atoms. The quantitative estimate of drug-likeness (QED) is 0.617. The van der Waals surface area contributed by atoms with Crippen molar-refractivity contribution in [1.82, 2.24) is 0 Å². The normalized spacial score (nSPS) is 12.5. The van der Waals surface area contributed by atoms with Crippen LogP contribution in [0.1, 0.15) is 29.8 Å². The van der Waals surface area contributed by atoms with E-state index in [-0.39, 0.29) is 26.7 Å². The van der Waals surface area contributed by atoms with Crippen LogP contribution in [0.3, 0.4) is 0 Å². The van der Waals surface area contributed by atoms with Crippen molar-refractivity contribution in [3.63, 3.8) is 0 Å². The van der Waals surface area contributed by atoms with Gasteiger partial charge in [0.15, 0.2) is 0 Å². The molecular weight excluding hydrogens is 288 g/mol. The zero-order valence-electron chi connectivity index (χ0n) is 8.91. The Morgan fingerprint density at radius 3 is 2.36 bits per heavy atom. The van der Waals surface area contributed by atoms with Gasteiger partial charge in [-0.3, -0.25) is 0 Å². The summed E-state index contributed by atoms with van der Waals surface area (Å²) in [4.78, 5) is 13.4. The number of ketones is 1. The molecule has 0 aliphatic carbocycles. The van der Waals surface area contributed by atoms with Gasteiger partial charge < -0.3 is 0 Å². The third kappa shape index (κ3) is 3.44. The van der Waals surface area contributed by atoms with E-state index in [1.165, 1.54) is 5.56 Å². The van der Waals surface area contributed by atoms with E-state index in [0.29, 0.717) is 0 Å². The Morgan fingerprint density at radius 2 is 1.93 bits per heavy atom. The molecule has 1 rings (SSSR count). The van der Waals surface area contributed by atoms with Crippen LogP contribution in [0, 0.1) is 0 Å². The summed E-state index contributed by atoms with van der Waals surface area (Å²) in [7, 11) is 0. The average molecular weight is 304 g/mol. The number of carbonyl (C=O) groups excluding carboxylic acids is 1. The average Bonchev–Trinajstić information content (AvgIpc) is 2.18. The van der Waals surface area contributed by atoms with Crippen LogP contribution in [-0.2, 0) is 6.42 Å². The Labute approximate surface area is 96.0 Å². The van der Waals surface area contributed by atoms with Gasteiger partial charge in [0, 0.05) is 0 Å². The van der Waals surface area contributed by atoms with Crippen LogP contribution < -0.4 is 0 Å². The zero-order chi connectivity index (χ0) is 10.6. The molecule has 14 heavy (non-hydrogen) atoms. The van der Waals surface area contributed by atoms with E-state index in [9.17, 15) is 4.79 Å². The molecular formula is C12H16OTe. The van der Waals surface area contributed by atoms with Crippen molar-refractivity contribution in [2.24, 2.45) is 0 Å². The molecule has 1 aromatic carbocycles. The molecule has 0 bridgehead atoms. The first-order chi connectivity index (χ1) is 6.63. The number of rotatable bonds is 4. The predicted molar refractivity (Wildman–Crippen MR) is 61.2 cm³/mol. The molecule has 0 fully saturated rings. The first kappa shape index (κ1) is 11.8. The monoisotopic (exact) mass is 306 g/mol. The van der Waals surface area contributed by atoms with Crippen LogP contribution in [0.2, 0.25) is 8.94 Å². The summed E-state index contributed by atoms with van der Waals surface area (Å²) in [5, 5.41) is 0. The fourth-order valence-electron chi connectivity index (χ4n) is 1.29. The van der Waals surface area contributed by atoms with E-state index < -0.39 is 0 Å². The Balaban J connectivity index is 2.68. The Hall–Kier alpha value is -0.320. The number of Topliss-reactive ketones (excluding diaryl/α,β-unsaturated/α-hetero) is 1. The van der Waals surface area contributed by atoms with E-state index in [1.54, 1.807) is 6.92 Å². The second-order valence-electron chi connectivity index (χ2n) is 3.50. The topological polar surface area (TPSA) is 17.1 Å². The molecule has 0 radical (unpaired) electrons. The maximum absolute atomic E-state index is 11.0. The molecule has 1 unspecified atom stereocenters. The molecule has 0 aliphatic rings. The molecule has 0 saturated heterocycles. The maximum atomic E-state index is 11.0. The van der Waals surface area contributed by atoms with Gasteiger partial charge in [-0.15, -0.1) is 0 Å². The first-order valence-electron chi connectivity index (χ1n) is 4.76. The predicted octanol–water partition coefficient (Wildman–Crippen LogP) is 2.99. The van der Waals surface area contributed by atoms with Gasteiger partial charge >= 0.3 is 96.1 Å². The van der Waals surface area contributed by atoms with Gasteiger partial charge in [0.2, 0.25) is 0 Å². The number of hydrogen-bond donors (Lipinski definition) is 0. The van der Waals surface area contributed by atoms with Crippen molar-refractivity contribution < 1.29 is 4.79 Å². The summed E-state index contributed by atoms with van der Waals surface area (Å²) in [6, 6.07) is 8.02. The van der Waals surface area contributed by atoms with Crippen LogP contribution >= 0.6 is 0 Å². The van der Waals surface area contributed by atoms with Crippen molar-refractivity contribution >= 4 is 26.7 Å².